The van der Waals surface area contributed by atoms with Gasteiger partial charge in [0.1, 0.15) is 5.82 Å². The number of fused-ring (bicyclic) bond motifs is 1. The zero-order chi connectivity index (χ0) is 19.3. The first-order chi connectivity index (χ1) is 13.7. The molecule has 1 fully saturated rings. The molecule has 2 aromatic carbocycles. The summed E-state index contributed by atoms with van der Waals surface area (Å²) in [6.07, 6.45) is 2.96. The molecule has 4 rings (SSSR count). The van der Waals surface area contributed by atoms with Crippen LogP contribution >= 0.6 is 0 Å². The summed E-state index contributed by atoms with van der Waals surface area (Å²) in [5.41, 5.74) is 2.05. The number of amides is 1. The maximum absolute atomic E-state index is 13.0. The minimum absolute atomic E-state index is 0.0226. The highest BCUT2D eigenvalue weighted by atomic mass is 19.1. The number of nitrogens with one attached hydrogen (secondary N) is 1. The molecule has 1 unspecified atom stereocenters. The first-order valence-electron chi connectivity index (χ1n) is 9.84. The van der Waals surface area contributed by atoms with Crippen LogP contribution in [0.2, 0.25) is 0 Å². The van der Waals surface area contributed by atoms with Gasteiger partial charge in [-0.1, -0.05) is 18.2 Å². The van der Waals surface area contributed by atoms with Gasteiger partial charge >= 0.3 is 0 Å². The Kier molecular flexibility index (Phi) is 5.76. The molecule has 2 heterocycles. The zero-order valence-electron chi connectivity index (χ0n) is 15.8. The Labute approximate surface area is 164 Å². The van der Waals surface area contributed by atoms with Crippen LogP contribution in [0.1, 0.15) is 36.4 Å². The summed E-state index contributed by atoms with van der Waals surface area (Å²) in [5, 5.41) is 2.93. The SMILES string of the molecule is O=C(CN1CCCC1c1ccc2c(c1)OCCCO2)NCc1ccc(F)cc1. The third-order valence-electron chi connectivity index (χ3n) is 5.27. The monoisotopic (exact) mass is 384 g/mol. The van der Waals surface area contributed by atoms with Crippen molar-refractivity contribution in [3.63, 3.8) is 0 Å². The second kappa shape index (κ2) is 8.61. The molecule has 1 N–H and O–H groups in total. The maximum Gasteiger partial charge on any atom is 0.234 e. The van der Waals surface area contributed by atoms with Gasteiger partial charge in [0, 0.05) is 19.0 Å². The van der Waals surface area contributed by atoms with Crippen LogP contribution in [0, 0.1) is 5.82 Å². The Morgan fingerprint density at radius 3 is 2.68 bits per heavy atom. The zero-order valence-corrected chi connectivity index (χ0v) is 15.8. The van der Waals surface area contributed by atoms with Crippen LogP contribution in [-0.4, -0.2) is 37.1 Å². The van der Waals surface area contributed by atoms with Gasteiger partial charge in [-0.25, -0.2) is 4.39 Å². The fourth-order valence-electron chi connectivity index (χ4n) is 3.82. The van der Waals surface area contributed by atoms with Crippen LogP contribution < -0.4 is 14.8 Å². The summed E-state index contributed by atoms with van der Waals surface area (Å²) in [7, 11) is 0. The van der Waals surface area contributed by atoms with Crippen LogP contribution in [0.4, 0.5) is 4.39 Å². The van der Waals surface area contributed by atoms with Crippen LogP contribution in [0.25, 0.3) is 0 Å². The highest BCUT2D eigenvalue weighted by Gasteiger charge is 2.28. The van der Waals surface area contributed by atoms with E-state index in [9.17, 15) is 9.18 Å². The lowest BCUT2D eigenvalue weighted by Crippen LogP contribution is -2.36. The Morgan fingerprint density at radius 1 is 1.07 bits per heavy atom. The van der Waals surface area contributed by atoms with Gasteiger partial charge in [-0.05, 0) is 54.8 Å². The number of benzene rings is 2. The molecular weight excluding hydrogens is 359 g/mol. The molecule has 0 bridgehead atoms. The van der Waals surface area contributed by atoms with Crippen LogP contribution in [0.3, 0.4) is 0 Å². The summed E-state index contributed by atoms with van der Waals surface area (Å²) in [5.74, 6) is 1.29. The van der Waals surface area contributed by atoms with Gasteiger partial charge in [0.2, 0.25) is 5.91 Å². The molecule has 0 spiro atoms. The molecule has 0 aliphatic carbocycles. The van der Waals surface area contributed by atoms with E-state index in [4.69, 9.17) is 9.47 Å². The third-order valence-corrected chi connectivity index (χ3v) is 5.27. The van der Waals surface area contributed by atoms with Crippen molar-refractivity contribution >= 4 is 5.91 Å². The highest BCUT2D eigenvalue weighted by molar-refractivity contribution is 5.78. The van der Waals surface area contributed by atoms with Crippen LogP contribution in [-0.2, 0) is 11.3 Å². The molecule has 2 aliphatic heterocycles. The Bertz CT molecular complexity index is 825. The third kappa shape index (κ3) is 4.44. The predicted molar refractivity (Wildman–Crippen MR) is 104 cm³/mol. The van der Waals surface area contributed by atoms with Crippen molar-refractivity contribution in [2.75, 3.05) is 26.3 Å². The summed E-state index contributed by atoms with van der Waals surface area (Å²) >= 11 is 0. The van der Waals surface area contributed by atoms with Crippen molar-refractivity contribution < 1.29 is 18.7 Å². The summed E-state index contributed by atoms with van der Waals surface area (Å²) < 4.78 is 24.5. The number of halogens is 1. The van der Waals surface area contributed by atoms with Crippen LogP contribution in [0.15, 0.2) is 42.5 Å². The minimum atomic E-state index is -0.273. The van der Waals surface area contributed by atoms with Gasteiger partial charge in [-0.2, -0.15) is 0 Å². The van der Waals surface area contributed by atoms with Crippen molar-refractivity contribution in [3.8, 4) is 11.5 Å². The minimum Gasteiger partial charge on any atom is -0.490 e. The maximum atomic E-state index is 13.0. The average molecular weight is 384 g/mol. The fraction of sp³-hybridized carbons (Fsp3) is 0.409. The van der Waals surface area contributed by atoms with Gasteiger partial charge in [0.15, 0.2) is 11.5 Å². The van der Waals surface area contributed by atoms with Gasteiger partial charge in [0.05, 0.1) is 19.8 Å². The lowest BCUT2D eigenvalue weighted by molar-refractivity contribution is -0.122. The molecule has 28 heavy (non-hydrogen) atoms. The van der Waals surface area contributed by atoms with Gasteiger partial charge in [-0.15, -0.1) is 0 Å². The molecule has 2 aromatic rings. The summed E-state index contributed by atoms with van der Waals surface area (Å²) in [4.78, 5) is 14.6. The predicted octanol–water partition coefficient (Wildman–Crippen LogP) is 3.44. The second-order valence-corrected chi connectivity index (χ2v) is 7.29. The molecule has 2 aliphatic rings. The number of hydrogen-bond donors (Lipinski definition) is 1. The van der Waals surface area contributed by atoms with Crippen molar-refractivity contribution in [3.05, 3.63) is 59.4 Å². The Morgan fingerprint density at radius 2 is 1.86 bits per heavy atom. The van der Waals surface area contributed by atoms with E-state index in [1.807, 2.05) is 6.07 Å². The largest absolute Gasteiger partial charge is 0.490 e. The molecular formula is C22H25FN2O3. The molecule has 1 saturated heterocycles. The molecule has 0 radical (unpaired) electrons. The highest BCUT2D eigenvalue weighted by Crippen LogP contribution is 2.37. The van der Waals surface area contributed by atoms with Crippen molar-refractivity contribution in [1.82, 2.24) is 10.2 Å². The van der Waals surface area contributed by atoms with Gasteiger partial charge in [0.25, 0.3) is 0 Å². The lowest BCUT2D eigenvalue weighted by atomic mass is 10.0. The number of ether oxygens (including phenoxy) is 2. The molecule has 5 nitrogen and oxygen atoms in total. The summed E-state index contributed by atoms with van der Waals surface area (Å²) in [6.45, 7) is 2.98. The topological polar surface area (TPSA) is 50.8 Å². The quantitative estimate of drug-likeness (QED) is 0.858. The Hall–Kier alpha value is -2.60. The molecule has 0 aromatic heterocycles. The average Bonchev–Trinajstić information content (AvgIpc) is 3.03. The normalized spacial score (nSPS) is 19.2. The number of nitrogens with zero attached hydrogens (tertiary/aromatic N) is 1. The van der Waals surface area contributed by atoms with Crippen LogP contribution in [0.5, 0.6) is 11.5 Å². The second-order valence-electron chi connectivity index (χ2n) is 7.29. The number of carbonyl (C=O) groups is 1. The fourth-order valence-corrected chi connectivity index (χ4v) is 3.82. The van der Waals surface area contributed by atoms with E-state index in [1.165, 1.54) is 12.1 Å². The first kappa shape index (κ1) is 18.7. The number of carbonyl (C=O) groups excluding carboxylic acids is 1. The molecule has 148 valence electrons. The number of likely N-dealkylation sites (tertiary alicyclic amines) is 1. The van der Waals surface area contributed by atoms with Crippen molar-refractivity contribution in [2.24, 2.45) is 0 Å². The van der Waals surface area contributed by atoms with E-state index >= 15 is 0 Å². The molecule has 1 atom stereocenters. The van der Waals surface area contributed by atoms with E-state index in [2.05, 4.69) is 22.3 Å². The molecule has 6 heteroatoms. The van der Waals surface area contributed by atoms with Gasteiger partial charge in [-0.3, -0.25) is 9.69 Å². The van der Waals surface area contributed by atoms with E-state index in [0.717, 1.165) is 48.4 Å². The number of rotatable bonds is 5. The standard InChI is InChI=1S/C22H25FN2O3/c23-18-7-4-16(5-8-18)14-24-22(26)15-25-10-1-3-19(25)17-6-9-20-21(13-17)28-12-2-11-27-20/h4-9,13,19H,1-3,10-12,14-15H2,(H,24,26). The lowest BCUT2D eigenvalue weighted by Gasteiger charge is -2.25. The van der Waals surface area contributed by atoms with Crippen molar-refractivity contribution in [1.29, 1.82) is 0 Å². The number of hydrogen-bond acceptors (Lipinski definition) is 4. The van der Waals surface area contributed by atoms with E-state index < -0.39 is 0 Å². The first-order valence-corrected chi connectivity index (χ1v) is 9.84. The smallest absolute Gasteiger partial charge is 0.234 e. The van der Waals surface area contributed by atoms with E-state index in [0.29, 0.717) is 26.3 Å². The molecule has 0 saturated carbocycles. The molecule has 1 amide bonds. The van der Waals surface area contributed by atoms with E-state index in [1.54, 1.807) is 12.1 Å². The van der Waals surface area contributed by atoms with E-state index in [-0.39, 0.29) is 17.8 Å². The summed E-state index contributed by atoms with van der Waals surface area (Å²) in [6, 6.07) is 12.5. The van der Waals surface area contributed by atoms with Gasteiger partial charge < -0.3 is 14.8 Å². The Balaban J connectivity index is 1.37. The van der Waals surface area contributed by atoms with Crippen molar-refractivity contribution in [2.45, 2.75) is 31.8 Å².